The number of aromatic hydroxyl groups is 1. The summed E-state index contributed by atoms with van der Waals surface area (Å²) in [6.45, 7) is 11.4. The van der Waals surface area contributed by atoms with E-state index < -0.39 is 11.4 Å². The molecule has 4 aromatic rings. The van der Waals surface area contributed by atoms with Crippen molar-refractivity contribution in [3.63, 3.8) is 0 Å². The quantitative estimate of drug-likeness (QED) is 0.322. The normalized spacial score (nSPS) is 25.9. The summed E-state index contributed by atoms with van der Waals surface area (Å²) in [4.78, 5) is 12.0. The van der Waals surface area contributed by atoms with Crippen LogP contribution in [0.25, 0.3) is 32.7 Å². The first-order valence-electron chi connectivity index (χ1n) is 11.9. The van der Waals surface area contributed by atoms with E-state index in [0.29, 0.717) is 6.61 Å². The van der Waals surface area contributed by atoms with Crippen molar-refractivity contribution in [2.45, 2.75) is 46.0 Å². The first-order chi connectivity index (χ1) is 16.1. The van der Waals surface area contributed by atoms with Gasteiger partial charge in [0.05, 0.1) is 6.61 Å². The summed E-state index contributed by atoms with van der Waals surface area (Å²) in [5.74, 6) is -0.777. The molecule has 0 aromatic heterocycles. The van der Waals surface area contributed by atoms with Crippen molar-refractivity contribution in [1.82, 2.24) is 0 Å². The van der Waals surface area contributed by atoms with Gasteiger partial charge in [-0.1, -0.05) is 101 Å². The Bertz CT molecular complexity index is 1440. The lowest BCUT2D eigenvalue weighted by Gasteiger charge is -2.61. The highest BCUT2D eigenvalue weighted by atomic mass is 17.3. The molecule has 174 valence electrons. The van der Waals surface area contributed by atoms with Crippen LogP contribution in [0, 0.1) is 10.8 Å². The van der Waals surface area contributed by atoms with Crippen LogP contribution in [0.1, 0.15) is 40.2 Å². The van der Waals surface area contributed by atoms with Crippen LogP contribution in [-0.4, -0.2) is 17.3 Å². The van der Waals surface area contributed by atoms with Crippen LogP contribution in [0.2, 0.25) is 0 Å². The van der Waals surface area contributed by atoms with Crippen LogP contribution < -0.4 is 0 Å². The minimum Gasteiger partial charge on any atom is -0.507 e. The monoisotopic (exact) mass is 454 g/mol. The maximum Gasteiger partial charge on any atom is 0.262 e. The zero-order valence-electron chi connectivity index (χ0n) is 20.3. The average molecular weight is 455 g/mol. The molecule has 0 radical (unpaired) electrons. The first-order valence-corrected chi connectivity index (χ1v) is 11.9. The Kier molecular flexibility index (Phi) is 4.33. The van der Waals surface area contributed by atoms with E-state index in [1.165, 1.54) is 0 Å². The summed E-state index contributed by atoms with van der Waals surface area (Å²) >= 11 is 0. The lowest BCUT2D eigenvalue weighted by Crippen LogP contribution is -2.73. The number of hydrogen-bond donors (Lipinski definition) is 1. The largest absolute Gasteiger partial charge is 0.507 e. The average Bonchev–Trinajstić information content (AvgIpc) is 2.94. The second kappa shape index (κ2) is 6.82. The van der Waals surface area contributed by atoms with Gasteiger partial charge < -0.3 is 9.84 Å². The molecule has 2 aliphatic rings. The van der Waals surface area contributed by atoms with E-state index in [4.69, 9.17) is 14.5 Å². The predicted molar refractivity (Wildman–Crippen MR) is 134 cm³/mol. The van der Waals surface area contributed by atoms with Crippen molar-refractivity contribution < 1.29 is 19.6 Å². The molecule has 2 heterocycles. The number of phenolic OH excluding ortho intramolecular Hbond substituents is 1. The first kappa shape index (κ1) is 21.6. The Balaban J connectivity index is 1.65. The summed E-state index contributed by atoms with van der Waals surface area (Å²) in [6.07, 6.45) is 0. The fourth-order valence-electron chi connectivity index (χ4n) is 6.57. The summed E-state index contributed by atoms with van der Waals surface area (Å²) in [6, 6.07) is 24.3. The Morgan fingerprint density at radius 3 is 2.21 bits per heavy atom. The molecular formula is C30H30O4. The number of hydrogen-bond acceptors (Lipinski definition) is 4. The molecule has 1 N–H and O–H groups in total. The molecule has 6 rings (SSSR count). The molecule has 2 aliphatic heterocycles. The molecule has 0 bridgehead atoms. The molecule has 2 fully saturated rings. The highest BCUT2D eigenvalue weighted by Gasteiger charge is 2.81. The van der Waals surface area contributed by atoms with Gasteiger partial charge in [-0.15, -0.1) is 0 Å². The van der Waals surface area contributed by atoms with Gasteiger partial charge in [0, 0.05) is 22.0 Å². The molecule has 4 aromatic carbocycles. The molecule has 0 amide bonds. The highest BCUT2D eigenvalue weighted by molar-refractivity contribution is 6.08. The number of benzene rings is 4. The maximum absolute atomic E-state index is 11.1. The van der Waals surface area contributed by atoms with E-state index in [0.717, 1.165) is 38.2 Å². The van der Waals surface area contributed by atoms with Crippen LogP contribution in [0.5, 0.6) is 5.75 Å². The number of ether oxygens (including phenoxy) is 1. The van der Waals surface area contributed by atoms with E-state index >= 15 is 0 Å². The SMILES string of the molecule is CC(C)(C)[C@@]12OO[C@]1(c1cccc3c(-c4cccc5ccccc45)c(O)ccc13)OCC2(C)C. The molecule has 0 spiro atoms. The summed E-state index contributed by atoms with van der Waals surface area (Å²) in [5, 5.41) is 15.3. The third-order valence-electron chi connectivity index (χ3n) is 7.85. The molecule has 34 heavy (non-hydrogen) atoms. The lowest BCUT2D eigenvalue weighted by atomic mass is 9.57. The van der Waals surface area contributed by atoms with Crippen molar-refractivity contribution in [1.29, 1.82) is 0 Å². The van der Waals surface area contributed by atoms with E-state index in [1.54, 1.807) is 6.07 Å². The lowest BCUT2D eigenvalue weighted by molar-refractivity contribution is -0.626. The van der Waals surface area contributed by atoms with E-state index in [-0.39, 0.29) is 16.6 Å². The van der Waals surface area contributed by atoms with Crippen molar-refractivity contribution in [3.05, 3.63) is 78.4 Å². The number of phenols is 1. The molecular weight excluding hydrogens is 424 g/mol. The van der Waals surface area contributed by atoms with Crippen molar-refractivity contribution >= 4 is 21.5 Å². The Morgan fingerprint density at radius 2 is 1.47 bits per heavy atom. The van der Waals surface area contributed by atoms with Gasteiger partial charge in [-0.25, -0.2) is 4.89 Å². The van der Waals surface area contributed by atoms with Gasteiger partial charge in [-0.05, 0) is 33.2 Å². The molecule has 2 saturated heterocycles. The van der Waals surface area contributed by atoms with Crippen LogP contribution in [-0.2, 0) is 20.3 Å². The summed E-state index contributed by atoms with van der Waals surface area (Å²) in [7, 11) is 0. The fourth-order valence-corrected chi connectivity index (χ4v) is 6.57. The van der Waals surface area contributed by atoms with Crippen molar-refractivity contribution in [2.75, 3.05) is 6.61 Å². The highest BCUT2D eigenvalue weighted by Crippen LogP contribution is 2.69. The third kappa shape index (κ3) is 2.48. The molecule has 0 unspecified atom stereocenters. The van der Waals surface area contributed by atoms with Gasteiger partial charge in [-0.2, -0.15) is 4.89 Å². The molecule has 4 nitrogen and oxygen atoms in total. The van der Waals surface area contributed by atoms with Crippen molar-refractivity contribution in [3.8, 4) is 16.9 Å². The van der Waals surface area contributed by atoms with Gasteiger partial charge >= 0.3 is 0 Å². The van der Waals surface area contributed by atoms with E-state index in [2.05, 4.69) is 71.0 Å². The zero-order chi connectivity index (χ0) is 23.9. The van der Waals surface area contributed by atoms with Crippen LogP contribution in [0.3, 0.4) is 0 Å². The van der Waals surface area contributed by atoms with Gasteiger partial charge in [0.2, 0.25) is 0 Å². The second-order valence-corrected chi connectivity index (χ2v) is 11.3. The molecule has 0 aliphatic carbocycles. The van der Waals surface area contributed by atoms with Crippen LogP contribution in [0.4, 0.5) is 0 Å². The predicted octanol–water partition coefficient (Wildman–Crippen LogP) is 7.32. The maximum atomic E-state index is 11.1. The standard InChI is InChI=1S/C30H30O4/c1-27(2,3)30-28(4,5)18-32-29(30,33-34-30)24-15-9-14-23-21(24)16-17-25(31)26(23)22-13-8-11-19-10-6-7-12-20(19)22/h6-17,31H,18H2,1-5H3/t29-,30-/m0/s1. The topological polar surface area (TPSA) is 47.9 Å². The molecule has 4 heteroatoms. The minimum atomic E-state index is -1.03. The van der Waals surface area contributed by atoms with Crippen LogP contribution >= 0.6 is 0 Å². The Hall–Kier alpha value is -2.92. The second-order valence-electron chi connectivity index (χ2n) is 11.3. The molecule has 0 saturated carbocycles. The summed E-state index contributed by atoms with van der Waals surface area (Å²) in [5.41, 5.74) is 1.56. The fraction of sp³-hybridized carbons (Fsp3) is 0.333. The van der Waals surface area contributed by atoms with Crippen LogP contribution in [0.15, 0.2) is 72.8 Å². The van der Waals surface area contributed by atoms with Crippen molar-refractivity contribution in [2.24, 2.45) is 10.8 Å². The van der Waals surface area contributed by atoms with E-state index in [9.17, 15) is 5.11 Å². The third-order valence-corrected chi connectivity index (χ3v) is 7.85. The van der Waals surface area contributed by atoms with Gasteiger partial charge in [0.25, 0.3) is 5.79 Å². The smallest absolute Gasteiger partial charge is 0.262 e. The van der Waals surface area contributed by atoms with Gasteiger partial charge in [-0.3, -0.25) is 0 Å². The van der Waals surface area contributed by atoms with Gasteiger partial charge in [0.15, 0.2) is 5.60 Å². The zero-order valence-corrected chi connectivity index (χ0v) is 20.3. The number of rotatable bonds is 2. The number of fused-ring (bicyclic) bond motifs is 3. The van der Waals surface area contributed by atoms with Gasteiger partial charge in [0.1, 0.15) is 5.75 Å². The van der Waals surface area contributed by atoms with E-state index in [1.807, 2.05) is 30.3 Å². The Labute approximate surface area is 200 Å². The summed E-state index contributed by atoms with van der Waals surface area (Å²) < 4.78 is 6.52. The minimum absolute atomic E-state index is 0.247. The Morgan fingerprint density at radius 1 is 0.765 bits per heavy atom. The molecule has 2 atom stereocenters.